The van der Waals surface area contributed by atoms with Crippen molar-refractivity contribution in [1.82, 2.24) is 10.2 Å². The number of alkyl halides is 3. The van der Waals surface area contributed by atoms with Crippen molar-refractivity contribution in [1.29, 1.82) is 0 Å². The van der Waals surface area contributed by atoms with Crippen LogP contribution in [0.4, 0.5) is 18.0 Å². The highest BCUT2D eigenvalue weighted by molar-refractivity contribution is 7.87. The lowest BCUT2D eigenvalue weighted by molar-refractivity contribution is -0.137. The zero-order valence-corrected chi connectivity index (χ0v) is 18.3. The van der Waals surface area contributed by atoms with Gasteiger partial charge in [-0.2, -0.15) is 21.6 Å². The minimum Gasteiger partial charge on any atom is -0.467 e. The summed E-state index contributed by atoms with van der Waals surface area (Å²) in [5.74, 6) is 0.514. The summed E-state index contributed by atoms with van der Waals surface area (Å²) in [6.45, 7) is 2.65. The van der Waals surface area contributed by atoms with Gasteiger partial charge in [0.1, 0.15) is 16.4 Å². The summed E-state index contributed by atoms with van der Waals surface area (Å²) < 4.78 is 73.8. The first-order valence-electron chi connectivity index (χ1n) is 9.84. The molecule has 0 aliphatic carbocycles. The van der Waals surface area contributed by atoms with Crippen molar-refractivity contribution in [2.75, 3.05) is 6.54 Å². The molecule has 176 valence electrons. The van der Waals surface area contributed by atoms with Gasteiger partial charge in [0.05, 0.1) is 18.4 Å². The number of carbonyl (C=O) groups is 1. The maximum Gasteiger partial charge on any atom is 0.416 e. The summed E-state index contributed by atoms with van der Waals surface area (Å²) in [5.41, 5.74) is -0.416. The number of halogens is 3. The van der Waals surface area contributed by atoms with Crippen LogP contribution in [0.2, 0.25) is 0 Å². The predicted octanol–water partition coefficient (Wildman–Crippen LogP) is 4.80. The summed E-state index contributed by atoms with van der Waals surface area (Å²) in [4.78, 5) is 13.3. The van der Waals surface area contributed by atoms with Gasteiger partial charge in [0, 0.05) is 13.1 Å². The molecule has 1 heterocycles. The van der Waals surface area contributed by atoms with Gasteiger partial charge in [-0.3, -0.25) is 0 Å². The Morgan fingerprint density at radius 2 is 1.79 bits per heavy atom. The fraction of sp³-hybridized carbons (Fsp3) is 0.227. The molecule has 0 saturated heterocycles. The van der Waals surface area contributed by atoms with E-state index in [1.54, 1.807) is 31.2 Å². The van der Waals surface area contributed by atoms with E-state index in [0.717, 1.165) is 18.2 Å². The van der Waals surface area contributed by atoms with Gasteiger partial charge in [-0.25, -0.2) is 4.79 Å². The Morgan fingerprint density at radius 1 is 1.06 bits per heavy atom. The van der Waals surface area contributed by atoms with Crippen LogP contribution in [0.3, 0.4) is 0 Å². The number of hydrogen-bond donors (Lipinski definition) is 1. The molecular weight excluding hydrogens is 461 g/mol. The number of nitrogens with zero attached hydrogens (tertiary/aromatic N) is 1. The first-order chi connectivity index (χ1) is 15.6. The van der Waals surface area contributed by atoms with Crippen LogP contribution in [-0.2, 0) is 29.4 Å². The molecule has 33 heavy (non-hydrogen) atoms. The minimum absolute atomic E-state index is 0.0771. The number of urea groups is 1. The topological polar surface area (TPSA) is 88.9 Å². The van der Waals surface area contributed by atoms with E-state index in [1.165, 1.54) is 23.3 Å². The van der Waals surface area contributed by atoms with E-state index in [2.05, 4.69) is 5.32 Å². The monoisotopic (exact) mass is 482 g/mol. The standard InChI is InChI=1S/C22H21F3N2O5S/c1-2-26-21(28)27(15-19-6-4-12-31-19)14-16-8-10-18(11-9-16)32-33(29,30)20-7-3-5-17(13-20)22(23,24)25/h3-13H,2,14-15H2,1H3,(H,26,28). The van der Waals surface area contributed by atoms with Crippen molar-refractivity contribution < 1.29 is 35.0 Å². The quantitative estimate of drug-likeness (QED) is 0.466. The summed E-state index contributed by atoms with van der Waals surface area (Å²) >= 11 is 0. The predicted molar refractivity (Wildman–Crippen MR) is 113 cm³/mol. The number of amides is 2. The first kappa shape index (κ1) is 24.2. The van der Waals surface area contributed by atoms with Crippen molar-refractivity contribution in [3.63, 3.8) is 0 Å². The van der Waals surface area contributed by atoms with E-state index in [-0.39, 0.29) is 24.9 Å². The van der Waals surface area contributed by atoms with E-state index in [4.69, 9.17) is 8.60 Å². The Kier molecular flexibility index (Phi) is 7.32. The molecule has 0 unspecified atom stereocenters. The van der Waals surface area contributed by atoms with Crippen LogP contribution in [0.15, 0.2) is 76.2 Å². The molecule has 2 amide bonds. The molecule has 0 atom stereocenters. The van der Waals surface area contributed by atoms with Gasteiger partial charge >= 0.3 is 22.3 Å². The Labute approximate surface area is 188 Å². The number of nitrogens with one attached hydrogen (secondary N) is 1. The number of carbonyl (C=O) groups excluding carboxylic acids is 1. The Morgan fingerprint density at radius 3 is 2.39 bits per heavy atom. The smallest absolute Gasteiger partial charge is 0.416 e. The highest BCUT2D eigenvalue weighted by Gasteiger charge is 2.32. The lowest BCUT2D eigenvalue weighted by atomic mass is 10.2. The third kappa shape index (κ3) is 6.51. The normalized spacial score (nSPS) is 11.8. The van der Waals surface area contributed by atoms with Crippen LogP contribution in [0, 0.1) is 0 Å². The third-order valence-electron chi connectivity index (χ3n) is 4.49. The van der Waals surface area contributed by atoms with E-state index in [9.17, 15) is 26.4 Å². The third-order valence-corrected chi connectivity index (χ3v) is 5.74. The average molecular weight is 482 g/mol. The summed E-state index contributed by atoms with van der Waals surface area (Å²) in [6, 6.07) is 12.3. The fourth-order valence-electron chi connectivity index (χ4n) is 2.93. The summed E-state index contributed by atoms with van der Waals surface area (Å²) in [5, 5.41) is 2.72. The van der Waals surface area contributed by atoms with Gasteiger partial charge in [0.2, 0.25) is 0 Å². The van der Waals surface area contributed by atoms with Crippen molar-refractivity contribution in [3.8, 4) is 5.75 Å². The van der Waals surface area contributed by atoms with Crippen LogP contribution in [0.5, 0.6) is 5.75 Å². The Bertz CT molecular complexity index is 1180. The average Bonchev–Trinajstić information content (AvgIpc) is 3.27. The molecule has 1 aromatic heterocycles. The van der Waals surface area contributed by atoms with Crippen molar-refractivity contribution in [2.24, 2.45) is 0 Å². The first-order valence-corrected chi connectivity index (χ1v) is 11.2. The van der Waals surface area contributed by atoms with Crippen LogP contribution in [-0.4, -0.2) is 25.9 Å². The molecular formula is C22H21F3N2O5S. The molecule has 1 N–H and O–H groups in total. The molecule has 7 nitrogen and oxygen atoms in total. The largest absolute Gasteiger partial charge is 0.467 e. The second kappa shape index (κ2) is 9.99. The Hall–Kier alpha value is -3.47. The van der Waals surface area contributed by atoms with Gasteiger partial charge in [-0.15, -0.1) is 0 Å². The Balaban J connectivity index is 1.73. The molecule has 2 aromatic carbocycles. The molecule has 11 heteroatoms. The SMILES string of the molecule is CCNC(=O)N(Cc1ccc(OS(=O)(=O)c2cccc(C(F)(F)F)c2)cc1)Cc1ccco1. The van der Waals surface area contributed by atoms with E-state index in [0.29, 0.717) is 23.9 Å². The maximum absolute atomic E-state index is 12.9. The number of benzene rings is 2. The van der Waals surface area contributed by atoms with E-state index >= 15 is 0 Å². The van der Waals surface area contributed by atoms with E-state index in [1.807, 2.05) is 0 Å². The molecule has 0 aliphatic rings. The molecule has 3 aromatic rings. The molecule has 0 spiro atoms. The summed E-state index contributed by atoms with van der Waals surface area (Å²) in [6.07, 6.45) is -3.18. The second-order valence-corrected chi connectivity index (χ2v) is 8.52. The highest BCUT2D eigenvalue weighted by atomic mass is 32.2. The van der Waals surface area contributed by atoms with Crippen molar-refractivity contribution >= 4 is 16.1 Å². The zero-order valence-electron chi connectivity index (χ0n) is 17.5. The lowest BCUT2D eigenvalue weighted by Gasteiger charge is -2.22. The van der Waals surface area contributed by atoms with Gasteiger partial charge < -0.3 is 18.8 Å². The number of hydrogen-bond acceptors (Lipinski definition) is 5. The van der Waals surface area contributed by atoms with Gasteiger partial charge in [0.15, 0.2) is 0 Å². The summed E-state index contributed by atoms with van der Waals surface area (Å²) in [7, 11) is -4.47. The van der Waals surface area contributed by atoms with Gasteiger partial charge in [-0.05, 0) is 55.0 Å². The molecule has 0 fully saturated rings. The van der Waals surface area contributed by atoms with Crippen molar-refractivity contribution in [2.45, 2.75) is 31.1 Å². The number of rotatable bonds is 8. The number of furan rings is 1. The maximum atomic E-state index is 12.9. The molecule has 0 aliphatic heterocycles. The minimum atomic E-state index is -4.68. The second-order valence-electron chi connectivity index (χ2n) is 6.98. The highest BCUT2D eigenvalue weighted by Crippen LogP contribution is 2.31. The van der Waals surface area contributed by atoms with Gasteiger partial charge in [0.25, 0.3) is 0 Å². The van der Waals surface area contributed by atoms with Crippen LogP contribution >= 0.6 is 0 Å². The van der Waals surface area contributed by atoms with Gasteiger partial charge in [-0.1, -0.05) is 18.2 Å². The van der Waals surface area contributed by atoms with Crippen LogP contribution in [0.25, 0.3) is 0 Å². The molecule has 0 saturated carbocycles. The van der Waals surface area contributed by atoms with E-state index < -0.39 is 26.8 Å². The van der Waals surface area contributed by atoms with Crippen LogP contribution < -0.4 is 9.50 Å². The van der Waals surface area contributed by atoms with Crippen LogP contribution in [0.1, 0.15) is 23.8 Å². The molecule has 3 rings (SSSR count). The molecule has 0 radical (unpaired) electrons. The molecule has 0 bridgehead atoms. The lowest BCUT2D eigenvalue weighted by Crippen LogP contribution is -2.38. The fourth-order valence-corrected chi connectivity index (χ4v) is 3.90. The van der Waals surface area contributed by atoms with Crippen molar-refractivity contribution in [3.05, 3.63) is 83.8 Å². The zero-order chi connectivity index (χ0) is 24.1.